The van der Waals surface area contributed by atoms with Gasteiger partial charge in [0.2, 0.25) is 11.8 Å². The molecule has 0 radical (unpaired) electrons. The number of carbonyl (C=O) groups is 2. The summed E-state index contributed by atoms with van der Waals surface area (Å²) in [6, 6.07) is -0.0533. The van der Waals surface area contributed by atoms with E-state index in [-0.39, 0.29) is 47.2 Å². The molecule has 2 N–H and O–H groups in total. The van der Waals surface area contributed by atoms with E-state index >= 15 is 0 Å². The van der Waals surface area contributed by atoms with Crippen LogP contribution in [0, 0.1) is 5.41 Å². The summed E-state index contributed by atoms with van der Waals surface area (Å²) < 4.78 is 0. The monoisotopic (exact) mass is 536 g/mol. The Balaban J connectivity index is 0.00000450. The van der Waals surface area contributed by atoms with Crippen molar-refractivity contribution in [3.8, 4) is 0 Å². The highest BCUT2D eigenvalue weighted by molar-refractivity contribution is 14.0. The van der Waals surface area contributed by atoms with Crippen LogP contribution in [0.3, 0.4) is 0 Å². The lowest BCUT2D eigenvalue weighted by Gasteiger charge is -2.39. The van der Waals surface area contributed by atoms with Crippen molar-refractivity contribution in [1.29, 1.82) is 0 Å². The second-order valence-electron chi connectivity index (χ2n) is 8.97. The van der Waals surface area contributed by atoms with Crippen molar-refractivity contribution >= 4 is 41.8 Å². The Bertz CT molecular complexity index is 579. The minimum absolute atomic E-state index is 0. The highest BCUT2D eigenvalue weighted by atomic mass is 127. The number of nitrogens with zero attached hydrogens (tertiary/aromatic N) is 4. The van der Waals surface area contributed by atoms with Crippen molar-refractivity contribution in [3.05, 3.63) is 0 Å². The van der Waals surface area contributed by atoms with Crippen molar-refractivity contribution in [3.63, 3.8) is 0 Å². The van der Waals surface area contributed by atoms with Gasteiger partial charge >= 0.3 is 0 Å². The van der Waals surface area contributed by atoms with Crippen molar-refractivity contribution in [2.24, 2.45) is 10.4 Å². The molecule has 0 spiro atoms. The highest BCUT2D eigenvalue weighted by Gasteiger charge is 2.30. The third-order valence-electron chi connectivity index (χ3n) is 5.61. The Morgan fingerprint density at radius 2 is 1.57 bits per heavy atom. The van der Waals surface area contributed by atoms with Crippen LogP contribution in [0.5, 0.6) is 0 Å². The number of likely N-dealkylation sites (tertiary alicyclic amines) is 1. The quantitative estimate of drug-likeness (QED) is 0.232. The topological polar surface area (TPSA) is 80.3 Å². The summed E-state index contributed by atoms with van der Waals surface area (Å²) in [5.74, 6) is 1.20. The van der Waals surface area contributed by atoms with Crippen molar-refractivity contribution in [2.45, 2.75) is 53.5 Å². The Morgan fingerprint density at radius 1 is 0.967 bits per heavy atom. The molecule has 9 heteroatoms. The fourth-order valence-electron chi connectivity index (χ4n) is 3.70. The molecule has 0 saturated carbocycles. The maximum atomic E-state index is 12.7. The Labute approximate surface area is 199 Å². The molecule has 2 amide bonds. The summed E-state index contributed by atoms with van der Waals surface area (Å²) in [6.45, 7) is 16.9. The summed E-state index contributed by atoms with van der Waals surface area (Å²) >= 11 is 0. The number of hydrogen-bond donors (Lipinski definition) is 2. The van der Waals surface area contributed by atoms with Crippen molar-refractivity contribution in [2.75, 3.05) is 58.9 Å². The lowest BCUT2D eigenvalue weighted by molar-refractivity contribution is -0.135. The Morgan fingerprint density at radius 3 is 2.10 bits per heavy atom. The molecule has 0 aromatic carbocycles. The normalized spacial score (nSPS) is 19.3. The first-order valence-electron chi connectivity index (χ1n) is 11.1. The standard InChI is InChI=1S/C21H40N6O2.HI/c1-6-22-20(24-10-9-23-19(29)21(3,4)5)27-15-13-25(14-16-27)17(2)18(28)26-11-7-8-12-26;/h17H,6-16H2,1-5H3,(H,22,24)(H,23,29);1H. The summed E-state index contributed by atoms with van der Waals surface area (Å²) in [7, 11) is 0. The molecule has 0 aromatic heterocycles. The van der Waals surface area contributed by atoms with E-state index in [2.05, 4.69) is 32.3 Å². The van der Waals surface area contributed by atoms with Crippen LogP contribution in [0.25, 0.3) is 0 Å². The van der Waals surface area contributed by atoms with E-state index in [9.17, 15) is 9.59 Å². The zero-order valence-corrected chi connectivity index (χ0v) is 21.7. The van der Waals surface area contributed by atoms with Gasteiger partial charge in [0.1, 0.15) is 0 Å². The first-order chi connectivity index (χ1) is 13.7. The van der Waals surface area contributed by atoms with Gasteiger partial charge < -0.3 is 20.4 Å². The van der Waals surface area contributed by atoms with Gasteiger partial charge in [0.15, 0.2) is 5.96 Å². The smallest absolute Gasteiger partial charge is 0.239 e. The van der Waals surface area contributed by atoms with Gasteiger partial charge in [-0.25, -0.2) is 0 Å². The number of hydrogen-bond acceptors (Lipinski definition) is 4. The molecule has 2 aliphatic heterocycles. The molecule has 2 aliphatic rings. The number of carbonyl (C=O) groups excluding carboxylic acids is 2. The van der Waals surface area contributed by atoms with Crippen LogP contribution in [-0.2, 0) is 9.59 Å². The Kier molecular flexibility index (Phi) is 11.4. The van der Waals surface area contributed by atoms with E-state index in [0.717, 1.165) is 64.6 Å². The zero-order valence-electron chi connectivity index (χ0n) is 19.4. The van der Waals surface area contributed by atoms with Gasteiger partial charge in [-0.2, -0.15) is 0 Å². The number of amides is 2. The molecule has 0 bridgehead atoms. The first kappa shape index (κ1) is 26.9. The number of piperazine rings is 1. The molecule has 30 heavy (non-hydrogen) atoms. The van der Waals surface area contributed by atoms with Crippen LogP contribution >= 0.6 is 24.0 Å². The zero-order chi connectivity index (χ0) is 21.4. The van der Waals surface area contributed by atoms with Gasteiger partial charge in [-0.15, -0.1) is 24.0 Å². The molecule has 1 atom stereocenters. The first-order valence-corrected chi connectivity index (χ1v) is 11.1. The van der Waals surface area contributed by atoms with Crippen LogP contribution in [0.4, 0.5) is 0 Å². The van der Waals surface area contributed by atoms with Gasteiger partial charge in [0.25, 0.3) is 0 Å². The van der Waals surface area contributed by atoms with Gasteiger partial charge in [0, 0.05) is 57.8 Å². The molecular weight excluding hydrogens is 495 g/mol. The van der Waals surface area contributed by atoms with E-state index < -0.39 is 0 Å². The van der Waals surface area contributed by atoms with Crippen LogP contribution < -0.4 is 10.6 Å². The van der Waals surface area contributed by atoms with E-state index in [1.165, 1.54) is 0 Å². The molecule has 8 nitrogen and oxygen atoms in total. The highest BCUT2D eigenvalue weighted by Crippen LogP contribution is 2.14. The van der Waals surface area contributed by atoms with Gasteiger partial charge in [-0.3, -0.25) is 19.5 Å². The molecular formula is C21H41IN6O2. The third kappa shape index (κ3) is 7.86. The van der Waals surface area contributed by atoms with Crippen molar-refractivity contribution < 1.29 is 9.59 Å². The lowest BCUT2D eigenvalue weighted by Crippen LogP contribution is -2.57. The summed E-state index contributed by atoms with van der Waals surface area (Å²) in [5, 5.41) is 6.29. The van der Waals surface area contributed by atoms with Crippen LogP contribution in [-0.4, -0.2) is 97.4 Å². The largest absolute Gasteiger partial charge is 0.357 e. The van der Waals surface area contributed by atoms with E-state index in [0.29, 0.717) is 13.1 Å². The number of nitrogens with one attached hydrogen (secondary N) is 2. The molecule has 1 unspecified atom stereocenters. The second kappa shape index (κ2) is 12.7. The van der Waals surface area contributed by atoms with E-state index in [1.807, 2.05) is 32.6 Å². The van der Waals surface area contributed by atoms with E-state index in [4.69, 9.17) is 0 Å². The fraction of sp³-hybridized carbons (Fsp3) is 0.857. The number of rotatable bonds is 6. The van der Waals surface area contributed by atoms with Gasteiger partial charge in [0.05, 0.1) is 12.6 Å². The summed E-state index contributed by atoms with van der Waals surface area (Å²) in [4.78, 5) is 35.8. The summed E-state index contributed by atoms with van der Waals surface area (Å²) in [6.07, 6.45) is 2.26. The van der Waals surface area contributed by atoms with Gasteiger partial charge in [-0.1, -0.05) is 20.8 Å². The average Bonchev–Trinajstić information content (AvgIpc) is 3.23. The maximum Gasteiger partial charge on any atom is 0.239 e. The van der Waals surface area contributed by atoms with Crippen LogP contribution in [0.1, 0.15) is 47.5 Å². The minimum Gasteiger partial charge on any atom is -0.357 e. The Hall–Kier alpha value is -1.10. The molecule has 0 aromatic rings. The van der Waals surface area contributed by atoms with Crippen molar-refractivity contribution in [1.82, 2.24) is 25.3 Å². The molecule has 2 saturated heterocycles. The van der Waals surface area contributed by atoms with E-state index in [1.54, 1.807) is 0 Å². The molecule has 0 aliphatic carbocycles. The second-order valence-corrected chi connectivity index (χ2v) is 8.97. The molecule has 2 heterocycles. The predicted molar refractivity (Wildman–Crippen MR) is 132 cm³/mol. The summed E-state index contributed by atoms with van der Waals surface area (Å²) in [5.41, 5.74) is -0.381. The lowest BCUT2D eigenvalue weighted by atomic mass is 9.96. The molecule has 2 rings (SSSR count). The SMILES string of the molecule is CCNC(=NCCNC(=O)C(C)(C)C)N1CCN(C(C)C(=O)N2CCCC2)CC1.I. The number of guanidine groups is 1. The molecule has 2 fully saturated rings. The number of halogens is 1. The van der Waals surface area contributed by atoms with Crippen LogP contribution in [0.15, 0.2) is 4.99 Å². The minimum atomic E-state index is -0.381. The third-order valence-corrected chi connectivity index (χ3v) is 5.61. The average molecular weight is 537 g/mol. The fourth-order valence-corrected chi connectivity index (χ4v) is 3.70. The molecule has 174 valence electrons. The number of aliphatic imine (C=N–C) groups is 1. The maximum absolute atomic E-state index is 12.7. The van der Waals surface area contributed by atoms with Crippen LogP contribution in [0.2, 0.25) is 0 Å². The predicted octanol–water partition coefficient (Wildman–Crippen LogP) is 1.36. The van der Waals surface area contributed by atoms with Gasteiger partial charge in [-0.05, 0) is 26.7 Å².